The van der Waals surface area contributed by atoms with Crippen LogP contribution in [0.4, 0.5) is 0 Å². The monoisotopic (exact) mass is 233 g/mol. The molecule has 88 valence electrons. The topological polar surface area (TPSA) is 38.3 Å². The van der Waals surface area contributed by atoms with Crippen molar-refractivity contribution in [3.8, 4) is 0 Å². The van der Waals surface area contributed by atoms with Gasteiger partial charge >= 0.3 is 0 Å². The molecule has 0 atom stereocenters. The standard InChI is InChI=1S/C11H20ClNO2/c12-5-7-15-8-6-13-11(14)9-10-3-1-2-4-10/h10H,1-9H2,(H,13,14). The Balaban J connectivity index is 1.93. The van der Waals surface area contributed by atoms with Crippen LogP contribution in [0.5, 0.6) is 0 Å². The normalized spacial score (nSPS) is 16.9. The van der Waals surface area contributed by atoms with E-state index in [2.05, 4.69) is 5.32 Å². The Morgan fingerprint density at radius 1 is 1.33 bits per heavy atom. The van der Waals surface area contributed by atoms with Crippen molar-refractivity contribution < 1.29 is 9.53 Å². The predicted octanol–water partition coefficient (Wildman–Crippen LogP) is 1.94. The Labute approximate surface area is 96.5 Å². The van der Waals surface area contributed by atoms with E-state index in [1.54, 1.807) is 0 Å². The molecule has 0 radical (unpaired) electrons. The highest BCUT2D eigenvalue weighted by Gasteiger charge is 2.17. The number of hydrogen-bond donors (Lipinski definition) is 1. The number of alkyl halides is 1. The zero-order valence-corrected chi connectivity index (χ0v) is 9.89. The molecular weight excluding hydrogens is 214 g/mol. The fraction of sp³-hybridized carbons (Fsp3) is 0.909. The molecule has 1 amide bonds. The highest BCUT2D eigenvalue weighted by molar-refractivity contribution is 6.17. The van der Waals surface area contributed by atoms with E-state index in [-0.39, 0.29) is 5.91 Å². The lowest BCUT2D eigenvalue weighted by Crippen LogP contribution is -2.28. The maximum atomic E-state index is 11.4. The third-order valence-corrected chi connectivity index (χ3v) is 2.89. The molecule has 1 saturated carbocycles. The molecule has 0 aliphatic heterocycles. The number of carbonyl (C=O) groups is 1. The average molecular weight is 234 g/mol. The molecule has 4 heteroatoms. The molecule has 1 fully saturated rings. The van der Waals surface area contributed by atoms with E-state index < -0.39 is 0 Å². The van der Waals surface area contributed by atoms with E-state index in [0.29, 0.717) is 38.0 Å². The first-order chi connectivity index (χ1) is 7.33. The van der Waals surface area contributed by atoms with Gasteiger partial charge in [0.2, 0.25) is 5.91 Å². The molecule has 1 aliphatic carbocycles. The zero-order chi connectivity index (χ0) is 10.9. The minimum atomic E-state index is 0.163. The van der Waals surface area contributed by atoms with Gasteiger partial charge in [0.1, 0.15) is 0 Å². The Bertz CT molecular complexity index is 181. The maximum Gasteiger partial charge on any atom is 0.220 e. The van der Waals surface area contributed by atoms with Gasteiger partial charge in [-0.15, -0.1) is 11.6 Å². The van der Waals surface area contributed by atoms with Gasteiger partial charge in [-0.3, -0.25) is 4.79 Å². The van der Waals surface area contributed by atoms with Crippen molar-refractivity contribution >= 4 is 17.5 Å². The number of nitrogens with one attached hydrogen (secondary N) is 1. The van der Waals surface area contributed by atoms with Gasteiger partial charge in [0.25, 0.3) is 0 Å². The molecule has 1 aliphatic rings. The van der Waals surface area contributed by atoms with Crippen LogP contribution >= 0.6 is 11.6 Å². The second-order valence-corrected chi connectivity index (χ2v) is 4.38. The van der Waals surface area contributed by atoms with Crippen LogP contribution in [0.2, 0.25) is 0 Å². The van der Waals surface area contributed by atoms with Gasteiger partial charge in [-0.1, -0.05) is 12.8 Å². The van der Waals surface area contributed by atoms with Crippen molar-refractivity contribution in [1.29, 1.82) is 0 Å². The fourth-order valence-electron chi connectivity index (χ4n) is 1.97. The van der Waals surface area contributed by atoms with Gasteiger partial charge in [0, 0.05) is 18.8 Å². The minimum Gasteiger partial charge on any atom is -0.378 e. The average Bonchev–Trinajstić information content (AvgIpc) is 2.70. The summed E-state index contributed by atoms with van der Waals surface area (Å²) in [6.07, 6.45) is 5.70. The Morgan fingerprint density at radius 3 is 2.73 bits per heavy atom. The molecule has 0 aromatic heterocycles. The highest BCUT2D eigenvalue weighted by atomic mass is 35.5. The molecule has 0 heterocycles. The van der Waals surface area contributed by atoms with Crippen LogP contribution in [-0.4, -0.2) is 31.5 Å². The molecule has 0 saturated heterocycles. The van der Waals surface area contributed by atoms with Gasteiger partial charge in [0.05, 0.1) is 13.2 Å². The van der Waals surface area contributed by atoms with E-state index in [0.717, 1.165) is 0 Å². The number of hydrogen-bond acceptors (Lipinski definition) is 2. The van der Waals surface area contributed by atoms with Crippen LogP contribution in [0.3, 0.4) is 0 Å². The summed E-state index contributed by atoms with van der Waals surface area (Å²) in [5.74, 6) is 1.29. The second kappa shape index (κ2) is 7.94. The summed E-state index contributed by atoms with van der Waals surface area (Å²) in [5.41, 5.74) is 0. The van der Waals surface area contributed by atoms with Gasteiger partial charge in [0.15, 0.2) is 0 Å². The highest BCUT2D eigenvalue weighted by Crippen LogP contribution is 2.27. The predicted molar refractivity (Wildman–Crippen MR) is 61.1 cm³/mol. The van der Waals surface area contributed by atoms with Crippen molar-refractivity contribution in [3.05, 3.63) is 0 Å². The summed E-state index contributed by atoms with van der Waals surface area (Å²) < 4.78 is 5.16. The van der Waals surface area contributed by atoms with Crippen molar-refractivity contribution in [2.24, 2.45) is 5.92 Å². The lowest BCUT2D eigenvalue weighted by molar-refractivity contribution is -0.122. The van der Waals surface area contributed by atoms with E-state index in [9.17, 15) is 4.79 Å². The van der Waals surface area contributed by atoms with E-state index >= 15 is 0 Å². The van der Waals surface area contributed by atoms with E-state index in [4.69, 9.17) is 16.3 Å². The number of halogens is 1. The molecule has 15 heavy (non-hydrogen) atoms. The van der Waals surface area contributed by atoms with Crippen molar-refractivity contribution in [1.82, 2.24) is 5.32 Å². The summed E-state index contributed by atoms with van der Waals surface area (Å²) in [5, 5.41) is 2.86. The van der Waals surface area contributed by atoms with Crippen LogP contribution in [-0.2, 0) is 9.53 Å². The van der Waals surface area contributed by atoms with Crippen LogP contribution < -0.4 is 5.32 Å². The summed E-state index contributed by atoms with van der Waals surface area (Å²) >= 11 is 5.44. The third kappa shape index (κ3) is 6.00. The number of rotatable bonds is 7. The summed E-state index contributed by atoms with van der Waals surface area (Å²) in [6, 6.07) is 0. The first-order valence-electron chi connectivity index (χ1n) is 5.73. The largest absolute Gasteiger partial charge is 0.378 e. The Hall–Kier alpha value is -0.280. The molecule has 1 rings (SSSR count). The number of ether oxygens (including phenoxy) is 1. The SMILES string of the molecule is O=C(CC1CCCC1)NCCOCCCl. The third-order valence-electron chi connectivity index (χ3n) is 2.74. The smallest absolute Gasteiger partial charge is 0.220 e. The second-order valence-electron chi connectivity index (χ2n) is 4.01. The van der Waals surface area contributed by atoms with E-state index in [1.165, 1.54) is 25.7 Å². The molecule has 0 bridgehead atoms. The molecule has 1 N–H and O–H groups in total. The zero-order valence-electron chi connectivity index (χ0n) is 9.14. The minimum absolute atomic E-state index is 0.163. The van der Waals surface area contributed by atoms with Crippen molar-refractivity contribution in [3.63, 3.8) is 0 Å². The lowest BCUT2D eigenvalue weighted by atomic mass is 10.0. The quantitative estimate of drug-likeness (QED) is 0.539. The van der Waals surface area contributed by atoms with E-state index in [1.807, 2.05) is 0 Å². The van der Waals surface area contributed by atoms with Crippen LogP contribution in [0.15, 0.2) is 0 Å². The maximum absolute atomic E-state index is 11.4. The van der Waals surface area contributed by atoms with Crippen molar-refractivity contribution in [2.45, 2.75) is 32.1 Å². The first kappa shape index (κ1) is 12.8. The molecule has 3 nitrogen and oxygen atoms in total. The molecule has 0 aromatic carbocycles. The fourth-order valence-corrected chi connectivity index (χ4v) is 2.08. The van der Waals surface area contributed by atoms with Crippen LogP contribution in [0.1, 0.15) is 32.1 Å². The van der Waals surface area contributed by atoms with Crippen molar-refractivity contribution in [2.75, 3.05) is 25.6 Å². The molecule has 0 spiro atoms. The van der Waals surface area contributed by atoms with Crippen LogP contribution in [0.25, 0.3) is 0 Å². The van der Waals surface area contributed by atoms with Gasteiger partial charge in [-0.25, -0.2) is 0 Å². The molecule has 0 aromatic rings. The summed E-state index contributed by atoms with van der Waals surface area (Å²) in [7, 11) is 0. The van der Waals surface area contributed by atoms with Gasteiger partial charge in [-0.05, 0) is 18.8 Å². The Morgan fingerprint density at radius 2 is 2.07 bits per heavy atom. The van der Waals surface area contributed by atoms with Gasteiger partial charge < -0.3 is 10.1 Å². The first-order valence-corrected chi connectivity index (χ1v) is 6.27. The number of amides is 1. The Kier molecular flexibility index (Phi) is 6.77. The molecule has 0 unspecified atom stereocenters. The van der Waals surface area contributed by atoms with Gasteiger partial charge in [-0.2, -0.15) is 0 Å². The summed E-state index contributed by atoms with van der Waals surface area (Å²) in [4.78, 5) is 11.4. The van der Waals surface area contributed by atoms with Crippen LogP contribution in [0, 0.1) is 5.92 Å². The summed E-state index contributed by atoms with van der Waals surface area (Å²) in [6.45, 7) is 1.71. The molecular formula is C11H20ClNO2. The lowest BCUT2D eigenvalue weighted by Gasteiger charge is -2.09. The number of carbonyl (C=O) groups excluding carboxylic acids is 1.